The summed E-state index contributed by atoms with van der Waals surface area (Å²) >= 11 is 6.05. The highest BCUT2D eigenvalue weighted by Crippen LogP contribution is 2.39. The number of nitrogens with zero attached hydrogens (tertiary/aromatic N) is 6. The second kappa shape index (κ2) is 13.5. The Kier molecular flexibility index (Phi) is 9.86. The summed E-state index contributed by atoms with van der Waals surface area (Å²) in [6, 6.07) is 21.3. The molecule has 0 radical (unpaired) electrons. The van der Waals surface area contributed by atoms with Crippen molar-refractivity contribution in [3.05, 3.63) is 94.0 Å². The first kappa shape index (κ1) is 35.9. The van der Waals surface area contributed by atoms with E-state index in [0.717, 1.165) is 52.5 Å². The minimum absolute atomic E-state index is 0.0327. The Morgan fingerprint density at radius 2 is 1.08 bits per heavy atom. The molecule has 0 fully saturated rings. The number of aryl methyl sites for hydroxylation is 1. The highest BCUT2D eigenvalue weighted by Gasteiger charge is 2.27. The summed E-state index contributed by atoms with van der Waals surface area (Å²) in [5, 5.41) is 40.5. The SMILES string of the molecule is CC(C)(C)c1cc(-n2nc3ccccc3n2)c(O)c(C(C)(C)C)c1.CCCCc1cc(-n2nc3ccc(Cl)cc3n2)c(O)c(C(C)(C)C)c1. The van der Waals surface area contributed by atoms with Crippen molar-refractivity contribution < 1.29 is 10.2 Å². The molecular weight excluding hydrogens is 632 g/mol. The molecule has 0 aliphatic heterocycles. The van der Waals surface area contributed by atoms with Crippen LogP contribution in [0.4, 0.5) is 0 Å². The van der Waals surface area contributed by atoms with E-state index < -0.39 is 0 Å². The van der Waals surface area contributed by atoms with E-state index >= 15 is 0 Å². The third kappa shape index (κ3) is 7.91. The molecular formula is C40H49ClN6O2. The van der Waals surface area contributed by atoms with Gasteiger partial charge in [-0.3, -0.25) is 0 Å². The van der Waals surface area contributed by atoms with Crippen LogP contribution in [0.1, 0.15) is 104 Å². The van der Waals surface area contributed by atoms with Gasteiger partial charge in [-0.05, 0) is 82.7 Å². The number of hydrogen-bond donors (Lipinski definition) is 2. The first-order valence-electron chi connectivity index (χ1n) is 17.0. The summed E-state index contributed by atoms with van der Waals surface area (Å²) in [7, 11) is 0. The molecule has 0 aliphatic rings. The molecule has 9 heteroatoms. The summed E-state index contributed by atoms with van der Waals surface area (Å²) in [4.78, 5) is 3.06. The van der Waals surface area contributed by atoms with Gasteiger partial charge < -0.3 is 10.2 Å². The summed E-state index contributed by atoms with van der Waals surface area (Å²) in [6.45, 7) is 21.3. The number of aromatic hydroxyl groups is 2. The van der Waals surface area contributed by atoms with Crippen molar-refractivity contribution >= 4 is 33.7 Å². The van der Waals surface area contributed by atoms with Crippen molar-refractivity contribution in [1.29, 1.82) is 0 Å². The van der Waals surface area contributed by atoms with Crippen LogP contribution in [-0.4, -0.2) is 40.2 Å². The van der Waals surface area contributed by atoms with Crippen LogP contribution in [0, 0.1) is 0 Å². The summed E-state index contributed by atoms with van der Waals surface area (Å²) in [5.41, 5.74) is 8.13. The van der Waals surface area contributed by atoms with Crippen molar-refractivity contribution in [2.45, 2.75) is 105 Å². The van der Waals surface area contributed by atoms with E-state index in [9.17, 15) is 10.2 Å². The maximum Gasteiger partial charge on any atom is 0.146 e. The number of aromatic nitrogens is 6. The number of benzene rings is 4. The van der Waals surface area contributed by atoms with Crippen LogP contribution in [0.25, 0.3) is 33.4 Å². The molecule has 2 aromatic heterocycles. The van der Waals surface area contributed by atoms with Gasteiger partial charge in [-0.15, -0.1) is 30.0 Å². The lowest BCUT2D eigenvalue weighted by Gasteiger charge is -2.27. The van der Waals surface area contributed by atoms with Gasteiger partial charge in [0.05, 0.1) is 0 Å². The van der Waals surface area contributed by atoms with Crippen molar-refractivity contribution in [1.82, 2.24) is 30.0 Å². The van der Waals surface area contributed by atoms with Crippen molar-refractivity contribution in [3.63, 3.8) is 0 Å². The lowest BCUT2D eigenvalue weighted by molar-refractivity contribution is 0.438. The predicted octanol–water partition coefficient (Wildman–Crippen LogP) is 10.1. The normalized spacial score (nSPS) is 12.4. The quantitative estimate of drug-likeness (QED) is 0.188. The average molecular weight is 681 g/mol. The average Bonchev–Trinajstić information content (AvgIpc) is 3.63. The highest BCUT2D eigenvalue weighted by molar-refractivity contribution is 6.31. The first-order valence-corrected chi connectivity index (χ1v) is 17.3. The summed E-state index contributed by atoms with van der Waals surface area (Å²) < 4.78 is 0. The molecule has 49 heavy (non-hydrogen) atoms. The van der Waals surface area contributed by atoms with Crippen molar-refractivity contribution in [3.8, 4) is 22.9 Å². The standard InChI is InChI=1S/C20H24ClN3O.C20H25N3O/c1-5-6-7-13-10-15(20(2,3)4)19(25)18(11-13)24-22-16-9-8-14(21)12-17(16)23-24;1-19(2,3)13-11-14(20(4,5)6)18(24)17(12-13)23-21-15-9-7-8-10-16(15)22-23/h8-12,25H,5-7H2,1-4H3;7-12,24H,1-6H3. The molecule has 0 amide bonds. The first-order chi connectivity index (χ1) is 22.9. The maximum absolute atomic E-state index is 10.9. The van der Waals surface area contributed by atoms with Crippen LogP contribution in [0.2, 0.25) is 5.02 Å². The van der Waals surface area contributed by atoms with Gasteiger partial charge in [0.2, 0.25) is 0 Å². The molecule has 0 saturated heterocycles. The molecule has 8 nitrogen and oxygen atoms in total. The Hall–Kier alpha value is -4.43. The molecule has 2 N–H and O–H groups in total. The Balaban J connectivity index is 0.000000191. The number of halogens is 1. The van der Waals surface area contributed by atoms with Crippen LogP contribution in [-0.2, 0) is 22.7 Å². The van der Waals surface area contributed by atoms with Crippen LogP contribution >= 0.6 is 11.6 Å². The second-order valence-corrected chi connectivity index (χ2v) is 16.3. The number of rotatable bonds is 5. The van der Waals surface area contributed by atoms with E-state index in [1.165, 1.54) is 10.4 Å². The van der Waals surface area contributed by atoms with Gasteiger partial charge in [-0.1, -0.05) is 112 Å². The van der Waals surface area contributed by atoms with Gasteiger partial charge in [-0.25, -0.2) is 0 Å². The molecule has 2 heterocycles. The van der Waals surface area contributed by atoms with Crippen LogP contribution in [0.15, 0.2) is 66.7 Å². The molecule has 0 unspecified atom stereocenters. The molecule has 0 aliphatic carbocycles. The maximum atomic E-state index is 10.9. The Morgan fingerprint density at radius 3 is 1.59 bits per heavy atom. The Labute approximate surface area is 294 Å². The van der Waals surface area contributed by atoms with Gasteiger partial charge >= 0.3 is 0 Å². The van der Waals surface area contributed by atoms with Crippen LogP contribution in [0.3, 0.4) is 0 Å². The zero-order chi connectivity index (χ0) is 35.9. The number of phenolic OH excluding ortho intramolecular Hbond substituents is 2. The largest absolute Gasteiger partial charge is 0.505 e. The smallest absolute Gasteiger partial charge is 0.146 e. The van der Waals surface area contributed by atoms with E-state index in [2.05, 4.69) is 102 Å². The molecule has 258 valence electrons. The van der Waals surface area contributed by atoms with Crippen LogP contribution in [0.5, 0.6) is 11.5 Å². The molecule has 0 bridgehead atoms. The van der Waals surface area contributed by atoms with Gasteiger partial charge in [0, 0.05) is 16.1 Å². The molecule has 0 atom stereocenters. The van der Waals surface area contributed by atoms with Crippen molar-refractivity contribution in [2.75, 3.05) is 0 Å². The van der Waals surface area contributed by atoms with E-state index in [1.807, 2.05) is 42.5 Å². The fraction of sp³-hybridized carbons (Fsp3) is 0.400. The van der Waals surface area contributed by atoms with Gasteiger partial charge in [0.25, 0.3) is 0 Å². The minimum atomic E-state index is -0.174. The lowest BCUT2D eigenvalue weighted by Crippen LogP contribution is -2.18. The third-order valence-electron chi connectivity index (χ3n) is 8.60. The zero-order valence-electron chi connectivity index (χ0n) is 30.4. The second-order valence-electron chi connectivity index (χ2n) is 15.9. The van der Waals surface area contributed by atoms with E-state index in [4.69, 9.17) is 11.6 Å². The molecule has 6 aromatic rings. The number of phenols is 2. The third-order valence-corrected chi connectivity index (χ3v) is 8.84. The molecule has 4 aromatic carbocycles. The fourth-order valence-electron chi connectivity index (χ4n) is 5.67. The van der Waals surface area contributed by atoms with Gasteiger partial charge in [-0.2, -0.15) is 0 Å². The summed E-state index contributed by atoms with van der Waals surface area (Å²) in [5.74, 6) is 0.481. The van der Waals surface area contributed by atoms with Gasteiger partial charge in [0.1, 0.15) is 44.9 Å². The number of fused-ring (bicyclic) bond motifs is 2. The molecule has 0 spiro atoms. The van der Waals surface area contributed by atoms with E-state index in [1.54, 1.807) is 16.9 Å². The minimum Gasteiger partial charge on any atom is -0.505 e. The molecule has 0 saturated carbocycles. The number of unbranched alkanes of at least 4 members (excludes halogenated alkanes) is 1. The number of hydrogen-bond acceptors (Lipinski definition) is 6. The van der Waals surface area contributed by atoms with E-state index in [0.29, 0.717) is 21.9 Å². The molecule has 6 rings (SSSR count). The van der Waals surface area contributed by atoms with Crippen molar-refractivity contribution in [2.24, 2.45) is 0 Å². The summed E-state index contributed by atoms with van der Waals surface area (Å²) in [6.07, 6.45) is 3.21. The topological polar surface area (TPSA) is 102 Å². The highest BCUT2D eigenvalue weighted by atomic mass is 35.5. The fourth-order valence-corrected chi connectivity index (χ4v) is 5.83. The predicted molar refractivity (Wildman–Crippen MR) is 201 cm³/mol. The Morgan fingerprint density at radius 1 is 0.592 bits per heavy atom. The Bertz CT molecular complexity index is 2080. The van der Waals surface area contributed by atoms with Gasteiger partial charge in [0.15, 0.2) is 0 Å². The van der Waals surface area contributed by atoms with E-state index in [-0.39, 0.29) is 27.7 Å². The van der Waals surface area contributed by atoms with Crippen LogP contribution < -0.4 is 0 Å². The monoisotopic (exact) mass is 680 g/mol. The lowest BCUT2D eigenvalue weighted by atomic mass is 9.80. The zero-order valence-corrected chi connectivity index (χ0v) is 31.2.